The van der Waals surface area contributed by atoms with Crippen LogP contribution in [0.15, 0.2) is 24.8 Å². The lowest BCUT2D eigenvalue weighted by Gasteiger charge is -2.05. The molecule has 0 nitrogen and oxygen atoms in total. The molecule has 0 heterocycles. The Kier molecular flexibility index (Phi) is 44.1. The van der Waals surface area contributed by atoms with Crippen molar-refractivity contribution in [2.45, 2.75) is 81.1 Å². The van der Waals surface area contributed by atoms with E-state index in [4.69, 9.17) is 0 Å². The van der Waals surface area contributed by atoms with E-state index in [1.54, 1.807) is 6.08 Å². The van der Waals surface area contributed by atoms with Crippen LogP contribution in [0.5, 0.6) is 0 Å². The van der Waals surface area contributed by atoms with Crippen LogP contribution in [0.4, 0.5) is 0 Å². The van der Waals surface area contributed by atoms with E-state index in [1.165, 1.54) is 25.7 Å². The van der Waals surface area contributed by atoms with E-state index in [1.807, 2.05) is 34.6 Å². The van der Waals surface area contributed by atoms with Gasteiger partial charge in [0.05, 0.1) is 0 Å². The van der Waals surface area contributed by atoms with Crippen molar-refractivity contribution in [1.29, 1.82) is 0 Å². The molecule has 0 heteroatoms. The number of hydrogen-bond acceptors (Lipinski definition) is 0. The van der Waals surface area contributed by atoms with Gasteiger partial charge in [0.15, 0.2) is 0 Å². The quantitative estimate of drug-likeness (QED) is 0.454. The first-order valence-electron chi connectivity index (χ1n) is 7.36. The molecule has 0 saturated carbocycles. The fourth-order valence-electron chi connectivity index (χ4n) is 1.13. The molecule has 0 aromatic rings. The Hall–Kier alpha value is -0.520. The third-order valence-corrected chi connectivity index (χ3v) is 1.91. The summed E-state index contributed by atoms with van der Waals surface area (Å²) in [6, 6.07) is 0. The van der Waals surface area contributed by atoms with Crippen molar-refractivity contribution in [3.63, 3.8) is 0 Å². The lowest BCUT2D eigenvalue weighted by atomic mass is 10.0. The Morgan fingerprint density at radius 1 is 1.00 bits per heavy atom. The zero-order chi connectivity index (χ0) is 14.7. The van der Waals surface area contributed by atoms with Gasteiger partial charge in [-0.1, -0.05) is 99.0 Å². The Morgan fingerprint density at radius 3 is 1.35 bits per heavy atom. The maximum absolute atomic E-state index is 3.56. The fraction of sp³-hybridized carbons (Fsp3) is 0.765. The molecule has 0 aromatic carbocycles. The van der Waals surface area contributed by atoms with E-state index in [-0.39, 0.29) is 0 Å². The SMILES string of the molecule is C=CC(=C)C.CC.CC.CCCC(C)CCC. The first-order chi connectivity index (χ1) is 8.08. The molecule has 0 unspecified atom stereocenters. The highest BCUT2D eigenvalue weighted by atomic mass is 14.0. The monoisotopic (exact) mass is 242 g/mol. The summed E-state index contributed by atoms with van der Waals surface area (Å²) >= 11 is 0. The summed E-state index contributed by atoms with van der Waals surface area (Å²) in [7, 11) is 0. The standard InChI is InChI=1S/C8H18.C5H8.2C2H6/c1-4-6-8(3)7-5-2;1-4-5(2)3;2*1-2/h8H,4-7H2,1-3H3;4H,1-2H2,3H3;2*1-2H3. The minimum atomic E-state index is 0.963. The van der Waals surface area contributed by atoms with Gasteiger partial charge in [-0.15, -0.1) is 0 Å². The summed E-state index contributed by atoms with van der Waals surface area (Å²) < 4.78 is 0. The molecule has 0 aromatic heterocycles. The van der Waals surface area contributed by atoms with Crippen molar-refractivity contribution < 1.29 is 0 Å². The molecule has 0 radical (unpaired) electrons. The van der Waals surface area contributed by atoms with Gasteiger partial charge >= 0.3 is 0 Å². The zero-order valence-corrected chi connectivity index (χ0v) is 13.9. The van der Waals surface area contributed by atoms with E-state index in [2.05, 4.69) is 33.9 Å². The van der Waals surface area contributed by atoms with Crippen molar-refractivity contribution in [3.05, 3.63) is 24.8 Å². The van der Waals surface area contributed by atoms with Crippen molar-refractivity contribution >= 4 is 0 Å². The maximum Gasteiger partial charge on any atom is -0.0404 e. The molecule has 0 N–H and O–H groups in total. The van der Waals surface area contributed by atoms with Crippen LogP contribution in [0.3, 0.4) is 0 Å². The van der Waals surface area contributed by atoms with Crippen LogP contribution in [0, 0.1) is 5.92 Å². The van der Waals surface area contributed by atoms with Gasteiger partial charge in [0, 0.05) is 0 Å². The summed E-state index contributed by atoms with van der Waals surface area (Å²) in [6.07, 6.45) is 7.24. The van der Waals surface area contributed by atoms with Gasteiger partial charge in [0.1, 0.15) is 0 Å². The second-order valence-electron chi connectivity index (χ2n) is 3.73. The molecule has 0 rings (SSSR count). The first kappa shape index (κ1) is 25.4. The van der Waals surface area contributed by atoms with Gasteiger partial charge in [-0.05, 0) is 12.8 Å². The molecule has 0 saturated heterocycles. The highest BCUT2D eigenvalue weighted by Gasteiger charge is 1.95. The first-order valence-corrected chi connectivity index (χ1v) is 7.36. The van der Waals surface area contributed by atoms with Gasteiger partial charge in [0.2, 0.25) is 0 Å². The zero-order valence-electron chi connectivity index (χ0n) is 13.9. The van der Waals surface area contributed by atoms with Gasteiger partial charge in [-0.25, -0.2) is 0 Å². The average molecular weight is 242 g/mol. The molecule has 0 bridgehead atoms. The minimum Gasteiger partial charge on any atom is -0.0988 e. The van der Waals surface area contributed by atoms with E-state index in [9.17, 15) is 0 Å². The van der Waals surface area contributed by atoms with Gasteiger partial charge in [-0.3, -0.25) is 0 Å². The van der Waals surface area contributed by atoms with E-state index in [0.29, 0.717) is 0 Å². The van der Waals surface area contributed by atoms with Crippen molar-refractivity contribution in [2.24, 2.45) is 5.92 Å². The molecule has 0 amide bonds. The molecular weight excluding hydrogens is 204 g/mol. The summed E-state index contributed by atoms with van der Waals surface area (Å²) in [6.45, 7) is 23.8. The van der Waals surface area contributed by atoms with Crippen molar-refractivity contribution in [3.8, 4) is 0 Å². The minimum absolute atomic E-state index is 0.963. The molecule has 0 atom stereocenters. The molecule has 17 heavy (non-hydrogen) atoms. The third-order valence-electron chi connectivity index (χ3n) is 1.91. The highest BCUT2D eigenvalue weighted by Crippen LogP contribution is 2.10. The number of allylic oxidation sites excluding steroid dienone is 2. The van der Waals surface area contributed by atoms with Crippen molar-refractivity contribution in [2.75, 3.05) is 0 Å². The number of rotatable bonds is 5. The van der Waals surface area contributed by atoms with Crippen LogP contribution < -0.4 is 0 Å². The molecule has 0 aliphatic carbocycles. The third kappa shape index (κ3) is 50.3. The van der Waals surface area contributed by atoms with Crippen LogP contribution >= 0.6 is 0 Å². The maximum atomic E-state index is 3.56. The molecule has 0 aliphatic heterocycles. The lowest BCUT2D eigenvalue weighted by Crippen LogP contribution is -1.91. The summed E-state index contributed by atoms with van der Waals surface area (Å²) in [5.74, 6) is 0.963. The topological polar surface area (TPSA) is 0 Å². The van der Waals surface area contributed by atoms with Crippen molar-refractivity contribution in [1.82, 2.24) is 0 Å². The van der Waals surface area contributed by atoms with Crippen LogP contribution in [0.2, 0.25) is 0 Å². The molecule has 106 valence electrons. The fourth-order valence-corrected chi connectivity index (χ4v) is 1.13. The Bertz CT molecular complexity index is 116. The predicted octanol–water partition coefficient (Wildman–Crippen LogP) is 7.02. The van der Waals surface area contributed by atoms with Crippen LogP contribution in [-0.2, 0) is 0 Å². The molecule has 0 fully saturated rings. The summed E-state index contributed by atoms with van der Waals surface area (Å²) in [5.41, 5.74) is 1.02. The normalized spacial score (nSPS) is 7.59. The van der Waals surface area contributed by atoms with Gasteiger partial charge in [-0.2, -0.15) is 0 Å². The van der Waals surface area contributed by atoms with Crippen LogP contribution in [-0.4, -0.2) is 0 Å². The Balaban J connectivity index is -0.0000000809. The number of hydrogen-bond donors (Lipinski definition) is 0. The second-order valence-corrected chi connectivity index (χ2v) is 3.73. The summed E-state index contributed by atoms with van der Waals surface area (Å²) in [5, 5.41) is 0. The van der Waals surface area contributed by atoms with E-state index >= 15 is 0 Å². The lowest BCUT2D eigenvalue weighted by molar-refractivity contribution is 0.480. The van der Waals surface area contributed by atoms with Crippen LogP contribution in [0.1, 0.15) is 81.1 Å². The van der Waals surface area contributed by atoms with Gasteiger partial charge < -0.3 is 0 Å². The predicted molar refractivity (Wildman–Crippen MR) is 86.7 cm³/mol. The Labute approximate surface area is 112 Å². The highest BCUT2D eigenvalue weighted by molar-refractivity contribution is 5.05. The smallest absolute Gasteiger partial charge is 0.0404 e. The largest absolute Gasteiger partial charge is 0.0988 e. The molecule has 0 aliphatic rings. The van der Waals surface area contributed by atoms with Gasteiger partial charge in [0.25, 0.3) is 0 Å². The average Bonchev–Trinajstić information content (AvgIpc) is 2.35. The summed E-state index contributed by atoms with van der Waals surface area (Å²) in [4.78, 5) is 0. The van der Waals surface area contributed by atoms with Crippen LogP contribution in [0.25, 0.3) is 0 Å². The Morgan fingerprint density at radius 2 is 1.24 bits per heavy atom. The van der Waals surface area contributed by atoms with E-state index < -0.39 is 0 Å². The molecule has 0 spiro atoms. The second kappa shape index (κ2) is 29.6. The van der Waals surface area contributed by atoms with E-state index in [0.717, 1.165) is 11.5 Å². The molecular formula is C17H38.